The van der Waals surface area contributed by atoms with Gasteiger partial charge in [-0.05, 0) is 38.8 Å². The average Bonchev–Trinajstić information content (AvgIpc) is 2.55. The molecule has 1 fully saturated rings. The van der Waals surface area contributed by atoms with Crippen LogP contribution in [0.2, 0.25) is 0 Å². The SMILES string of the molecule is Cc1cc(O[C@H]2CCCN(S(=O)(=O)c3cccnc3)C2)nc(C)n1. The molecule has 2 aromatic heterocycles. The lowest BCUT2D eigenvalue weighted by Gasteiger charge is -2.31. The van der Waals surface area contributed by atoms with Gasteiger partial charge in [-0.2, -0.15) is 9.29 Å². The second-order valence-corrected chi connectivity index (χ2v) is 7.77. The molecule has 1 aliphatic rings. The van der Waals surface area contributed by atoms with Crippen LogP contribution in [-0.2, 0) is 10.0 Å². The quantitative estimate of drug-likeness (QED) is 0.836. The third kappa shape index (κ3) is 3.70. The van der Waals surface area contributed by atoms with Crippen LogP contribution in [0.4, 0.5) is 0 Å². The zero-order valence-corrected chi connectivity index (χ0v) is 14.5. The molecule has 2 aromatic rings. The molecule has 1 aliphatic heterocycles. The van der Waals surface area contributed by atoms with Crippen LogP contribution in [0.15, 0.2) is 35.5 Å². The highest BCUT2D eigenvalue weighted by atomic mass is 32.2. The molecule has 1 atom stereocenters. The van der Waals surface area contributed by atoms with E-state index in [1.165, 1.54) is 10.5 Å². The van der Waals surface area contributed by atoms with Crippen molar-refractivity contribution in [2.75, 3.05) is 13.1 Å². The van der Waals surface area contributed by atoms with Gasteiger partial charge in [-0.3, -0.25) is 4.98 Å². The van der Waals surface area contributed by atoms with Crippen molar-refractivity contribution in [2.45, 2.75) is 37.7 Å². The summed E-state index contributed by atoms with van der Waals surface area (Å²) >= 11 is 0. The third-order valence-electron chi connectivity index (χ3n) is 3.84. The van der Waals surface area contributed by atoms with Crippen molar-refractivity contribution in [3.63, 3.8) is 0 Å². The fourth-order valence-corrected chi connectivity index (χ4v) is 4.26. The van der Waals surface area contributed by atoms with Crippen molar-refractivity contribution >= 4 is 10.0 Å². The molecular weight excluding hydrogens is 328 g/mol. The Kier molecular flexibility index (Phi) is 4.77. The Balaban J connectivity index is 1.75. The van der Waals surface area contributed by atoms with E-state index in [0.29, 0.717) is 24.8 Å². The van der Waals surface area contributed by atoms with Gasteiger partial charge >= 0.3 is 0 Å². The first kappa shape index (κ1) is 16.8. The molecule has 0 bridgehead atoms. The first-order valence-electron chi connectivity index (χ1n) is 7.84. The summed E-state index contributed by atoms with van der Waals surface area (Å²) in [6.45, 7) is 4.47. The van der Waals surface area contributed by atoms with Gasteiger partial charge in [-0.25, -0.2) is 13.4 Å². The van der Waals surface area contributed by atoms with Crippen molar-refractivity contribution in [1.82, 2.24) is 19.3 Å². The molecule has 128 valence electrons. The van der Waals surface area contributed by atoms with Crippen molar-refractivity contribution in [3.05, 3.63) is 42.1 Å². The van der Waals surface area contributed by atoms with E-state index in [4.69, 9.17) is 4.74 Å². The highest BCUT2D eigenvalue weighted by Gasteiger charge is 2.31. The standard InChI is InChI=1S/C16H20N4O3S/c1-12-9-16(19-13(2)18-12)23-14-5-4-8-20(11-14)24(21,22)15-6-3-7-17-10-15/h3,6-7,9-10,14H,4-5,8,11H2,1-2H3/t14-/m0/s1. The molecule has 3 heterocycles. The van der Waals surface area contributed by atoms with Crippen LogP contribution in [0, 0.1) is 13.8 Å². The molecule has 0 aliphatic carbocycles. The first-order valence-corrected chi connectivity index (χ1v) is 9.28. The molecule has 0 amide bonds. The lowest BCUT2D eigenvalue weighted by atomic mass is 10.1. The average molecular weight is 348 g/mol. The number of piperidine rings is 1. The highest BCUT2D eigenvalue weighted by molar-refractivity contribution is 7.89. The Morgan fingerprint density at radius 3 is 2.83 bits per heavy atom. The molecule has 0 saturated carbocycles. The van der Waals surface area contributed by atoms with Gasteiger partial charge in [0.15, 0.2) is 0 Å². The minimum absolute atomic E-state index is 0.208. The molecule has 0 N–H and O–H groups in total. The summed E-state index contributed by atoms with van der Waals surface area (Å²) in [6, 6.07) is 4.95. The highest BCUT2D eigenvalue weighted by Crippen LogP contribution is 2.22. The van der Waals surface area contributed by atoms with E-state index >= 15 is 0 Å². The second-order valence-electron chi connectivity index (χ2n) is 5.83. The van der Waals surface area contributed by atoms with E-state index in [0.717, 1.165) is 18.5 Å². The zero-order chi connectivity index (χ0) is 17.2. The molecule has 0 spiro atoms. The minimum Gasteiger partial charge on any atom is -0.473 e. The summed E-state index contributed by atoms with van der Waals surface area (Å²) in [4.78, 5) is 12.6. The van der Waals surface area contributed by atoms with Gasteiger partial charge in [0.05, 0.1) is 6.54 Å². The molecule has 3 rings (SSSR count). The Hall–Kier alpha value is -2.06. The summed E-state index contributed by atoms with van der Waals surface area (Å²) in [5.74, 6) is 1.13. The molecule has 7 nitrogen and oxygen atoms in total. The van der Waals surface area contributed by atoms with Crippen LogP contribution < -0.4 is 4.74 Å². The predicted molar refractivity (Wildman–Crippen MR) is 88.2 cm³/mol. The van der Waals surface area contributed by atoms with Gasteiger partial charge in [0.25, 0.3) is 0 Å². The summed E-state index contributed by atoms with van der Waals surface area (Å²) in [7, 11) is -3.55. The maximum absolute atomic E-state index is 12.7. The molecule has 8 heteroatoms. The van der Waals surface area contributed by atoms with Gasteiger partial charge in [0.2, 0.25) is 15.9 Å². The maximum Gasteiger partial charge on any atom is 0.244 e. The van der Waals surface area contributed by atoms with Crippen LogP contribution in [-0.4, -0.2) is 46.9 Å². The maximum atomic E-state index is 12.7. The zero-order valence-electron chi connectivity index (χ0n) is 13.7. The number of ether oxygens (including phenoxy) is 1. The lowest BCUT2D eigenvalue weighted by molar-refractivity contribution is 0.124. The number of aromatic nitrogens is 3. The Labute approximate surface area is 141 Å². The minimum atomic E-state index is -3.55. The lowest BCUT2D eigenvalue weighted by Crippen LogP contribution is -2.44. The topological polar surface area (TPSA) is 85.3 Å². The first-order chi connectivity index (χ1) is 11.4. The van der Waals surface area contributed by atoms with E-state index in [-0.39, 0.29) is 11.0 Å². The number of sulfonamides is 1. The van der Waals surface area contributed by atoms with Gasteiger partial charge < -0.3 is 4.74 Å². The van der Waals surface area contributed by atoms with Crippen molar-refractivity contribution in [1.29, 1.82) is 0 Å². The summed E-state index contributed by atoms with van der Waals surface area (Å²) in [5, 5.41) is 0. The molecule has 0 unspecified atom stereocenters. The Morgan fingerprint density at radius 2 is 2.12 bits per heavy atom. The predicted octanol–water partition coefficient (Wildman–Crippen LogP) is 1.72. The number of pyridine rings is 1. The molecular formula is C16H20N4O3S. The van der Waals surface area contributed by atoms with E-state index in [1.807, 2.05) is 6.92 Å². The normalized spacial score (nSPS) is 19.2. The number of hydrogen-bond acceptors (Lipinski definition) is 6. The Bertz CT molecular complexity index is 791. The summed E-state index contributed by atoms with van der Waals surface area (Å²) in [6.07, 6.45) is 4.24. The number of rotatable bonds is 4. The fraction of sp³-hybridized carbons (Fsp3) is 0.438. The third-order valence-corrected chi connectivity index (χ3v) is 5.69. The van der Waals surface area contributed by atoms with Crippen LogP contribution in [0.3, 0.4) is 0 Å². The van der Waals surface area contributed by atoms with Gasteiger partial charge in [-0.1, -0.05) is 0 Å². The summed E-state index contributed by atoms with van der Waals surface area (Å²) in [5.41, 5.74) is 0.827. The van der Waals surface area contributed by atoms with E-state index in [9.17, 15) is 8.42 Å². The van der Waals surface area contributed by atoms with E-state index in [2.05, 4.69) is 15.0 Å². The van der Waals surface area contributed by atoms with E-state index < -0.39 is 10.0 Å². The Morgan fingerprint density at radius 1 is 1.29 bits per heavy atom. The van der Waals surface area contributed by atoms with Gasteiger partial charge in [0, 0.05) is 30.7 Å². The number of nitrogens with zero attached hydrogens (tertiary/aromatic N) is 4. The van der Waals surface area contributed by atoms with Crippen molar-refractivity contribution < 1.29 is 13.2 Å². The summed E-state index contributed by atoms with van der Waals surface area (Å²) < 4.78 is 32.8. The molecule has 0 aromatic carbocycles. The number of hydrogen-bond donors (Lipinski definition) is 0. The number of aryl methyl sites for hydroxylation is 2. The van der Waals surface area contributed by atoms with Gasteiger partial charge in [-0.15, -0.1) is 0 Å². The van der Waals surface area contributed by atoms with E-state index in [1.54, 1.807) is 31.3 Å². The van der Waals surface area contributed by atoms with Crippen molar-refractivity contribution in [3.8, 4) is 5.88 Å². The largest absolute Gasteiger partial charge is 0.473 e. The smallest absolute Gasteiger partial charge is 0.244 e. The van der Waals surface area contributed by atoms with Crippen LogP contribution in [0.25, 0.3) is 0 Å². The molecule has 1 saturated heterocycles. The molecule has 0 radical (unpaired) electrons. The van der Waals surface area contributed by atoms with Gasteiger partial charge in [0.1, 0.15) is 16.8 Å². The fourth-order valence-electron chi connectivity index (χ4n) is 2.78. The van der Waals surface area contributed by atoms with Crippen molar-refractivity contribution in [2.24, 2.45) is 0 Å². The van der Waals surface area contributed by atoms with Crippen LogP contribution in [0.1, 0.15) is 24.4 Å². The second kappa shape index (κ2) is 6.82. The monoisotopic (exact) mass is 348 g/mol. The van der Waals surface area contributed by atoms with Crippen LogP contribution >= 0.6 is 0 Å². The molecule has 24 heavy (non-hydrogen) atoms. The van der Waals surface area contributed by atoms with Crippen LogP contribution in [0.5, 0.6) is 5.88 Å².